The molecule has 0 aliphatic carbocycles. The predicted octanol–water partition coefficient (Wildman–Crippen LogP) is 1.09. The van der Waals surface area contributed by atoms with Gasteiger partial charge in [-0.3, -0.25) is 4.79 Å². The van der Waals surface area contributed by atoms with E-state index in [-0.39, 0.29) is 4.75 Å². The van der Waals surface area contributed by atoms with Crippen LogP contribution in [0.4, 0.5) is 0 Å². The van der Waals surface area contributed by atoms with Crippen LogP contribution >= 0.6 is 11.8 Å². The number of likely N-dealkylation sites (tertiary alicyclic amines) is 1. The summed E-state index contributed by atoms with van der Waals surface area (Å²) in [5.41, 5.74) is 0. The van der Waals surface area contributed by atoms with Crippen LogP contribution in [0.25, 0.3) is 0 Å². The van der Waals surface area contributed by atoms with E-state index in [0.717, 1.165) is 31.7 Å². The van der Waals surface area contributed by atoms with Crippen molar-refractivity contribution in [3.05, 3.63) is 0 Å². The third-order valence-corrected chi connectivity index (χ3v) is 5.06. The summed E-state index contributed by atoms with van der Waals surface area (Å²) in [4.78, 5) is 14.3. The molecule has 2 unspecified atom stereocenters. The molecule has 2 fully saturated rings. The molecule has 1 amide bonds. The number of nitrogens with zero attached hydrogens (tertiary/aromatic N) is 1. The molecular weight excluding hydrogens is 208 g/mol. The molecule has 0 saturated carbocycles. The Morgan fingerprint density at radius 2 is 2.40 bits per heavy atom. The largest absolute Gasteiger partial charge is 0.340 e. The molecule has 0 aromatic carbocycles. The Kier molecular flexibility index (Phi) is 3.26. The Morgan fingerprint density at radius 3 is 2.93 bits per heavy atom. The maximum Gasteiger partial charge on any atom is 0.238 e. The van der Waals surface area contributed by atoms with Crippen molar-refractivity contribution >= 4 is 17.7 Å². The Bertz CT molecular complexity index is 251. The van der Waals surface area contributed by atoms with Gasteiger partial charge in [0.25, 0.3) is 0 Å². The quantitative estimate of drug-likeness (QED) is 0.768. The fourth-order valence-corrected chi connectivity index (χ4v) is 3.74. The topological polar surface area (TPSA) is 32.3 Å². The number of carbonyl (C=O) groups is 1. The molecular formula is C11H20N2OS. The second-order valence-corrected chi connectivity index (χ2v) is 6.31. The first-order chi connectivity index (χ1) is 7.15. The van der Waals surface area contributed by atoms with Crippen molar-refractivity contribution in [1.82, 2.24) is 10.2 Å². The highest BCUT2D eigenvalue weighted by atomic mass is 32.2. The van der Waals surface area contributed by atoms with E-state index in [1.54, 1.807) is 0 Å². The molecule has 86 valence electrons. The molecule has 2 rings (SSSR count). The van der Waals surface area contributed by atoms with E-state index in [9.17, 15) is 4.79 Å². The van der Waals surface area contributed by atoms with Gasteiger partial charge < -0.3 is 10.2 Å². The number of hydrogen-bond acceptors (Lipinski definition) is 3. The van der Waals surface area contributed by atoms with Gasteiger partial charge in [-0.15, -0.1) is 11.8 Å². The summed E-state index contributed by atoms with van der Waals surface area (Å²) in [6.07, 6.45) is 3.34. The highest BCUT2D eigenvalue weighted by Crippen LogP contribution is 2.39. The van der Waals surface area contributed by atoms with E-state index in [0.29, 0.717) is 11.9 Å². The van der Waals surface area contributed by atoms with Crippen molar-refractivity contribution in [1.29, 1.82) is 0 Å². The van der Waals surface area contributed by atoms with E-state index >= 15 is 0 Å². The van der Waals surface area contributed by atoms with Gasteiger partial charge in [-0.1, -0.05) is 0 Å². The summed E-state index contributed by atoms with van der Waals surface area (Å²) in [5, 5.41) is 3.25. The Balaban J connectivity index is 1.96. The first-order valence-electron chi connectivity index (χ1n) is 5.76. The first-order valence-corrected chi connectivity index (χ1v) is 6.75. The Labute approximate surface area is 96.0 Å². The second kappa shape index (κ2) is 4.34. The number of likely N-dealkylation sites (N-methyl/N-ethyl adjacent to an activating group) is 1. The molecule has 15 heavy (non-hydrogen) atoms. The molecule has 4 heteroatoms. The number of rotatable bonds is 2. The van der Waals surface area contributed by atoms with E-state index in [4.69, 9.17) is 0 Å². The third-order valence-electron chi connectivity index (χ3n) is 3.55. The summed E-state index contributed by atoms with van der Waals surface area (Å²) in [7, 11) is 1.98. The lowest BCUT2D eigenvalue weighted by molar-refractivity contribution is -0.132. The van der Waals surface area contributed by atoms with Crippen LogP contribution in [-0.4, -0.2) is 47.5 Å². The van der Waals surface area contributed by atoms with Crippen molar-refractivity contribution < 1.29 is 4.79 Å². The summed E-state index contributed by atoms with van der Waals surface area (Å²) in [6.45, 7) is 3.94. The summed E-state index contributed by atoms with van der Waals surface area (Å²) in [5.74, 6) is 1.51. The number of hydrogen-bond donors (Lipinski definition) is 1. The number of thioether (sulfide) groups is 1. The van der Waals surface area contributed by atoms with Crippen molar-refractivity contribution in [2.75, 3.05) is 25.9 Å². The first kappa shape index (κ1) is 11.3. The second-order valence-electron chi connectivity index (χ2n) is 4.71. The highest BCUT2D eigenvalue weighted by molar-refractivity contribution is 8.01. The molecule has 2 atom stereocenters. The lowest BCUT2D eigenvalue weighted by atomic mass is 10.0. The van der Waals surface area contributed by atoms with Gasteiger partial charge in [0, 0.05) is 19.1 Å². The number of carbonyl (C=O) groups excluding carboxylic acids is 1. The maximum absolute atomic E-state index is 12.3. The molecule has 3 nitrogen and oxygen atoms in total. The Morgan fingerprint density at radius 1 is 1.60 bits per heavy atom. The molecule has 0 bridgehead atoms. The molecule has 1 N–H and O–H groups in total. The fourth-order valence-electron chi connectivity index (χ4n) is 2.46. The highest BCUT2D eigenvalue weighted by Gasteiger charge is 2.41. The Hall–Kier alpha value is -0.220. The molecule has 0 radical (unpaired) electrons. The maximum atomic E-state index is 12.3. The zero-order valence-electron chi connectivity index (χ0n) is 9.58. The van der Waals surface area contributed by atoms with Gasteiger partial charge in [-0.05, 0) is 39.0 Å². The average molecular weight is 228 g/mol. The number of nitrogens with one attached hydrogen (secondary N) is 1. The monoisotopic (exact) mass is 228 g/mol. The van der Waals surface area contributed by atoms with Gasteiger partial charge in [0.15, 0.2) is 0 Å². The van der Waals surface area contributed by atoms with E-state index in [1.165, 1.54) is 6.42 Å². The van der Waals surface area contributed by atoms with Gasteiger partial charge in [0.05, 0.1) is 4.75 Å². The van der Waals surface area contributed by atoms with Crippen LogP contribution in [0.1, 0.15) is 26.2 Å². The molecule has 2 saturated heterocycles. The van der Waals surface area contributed by atoms with E-state index in [1.807, 2.05) is 23.7 Å². The van der Waals surface area contributed by atoms with Crippen LogP contribution in [0.3, 0.4) is 0 Å². The SMILES string of the molecule is CNC1CCN(C(=O)C2(C)CCCS2)C1. The summed E-state index contributed by atoms with van der Waals surface area (Å²) in [6, 6.07) is 0.504. The van der Waals surface area contributed by atoms with Crippen LogP contribution in [-0.2, 0) is 4.79 Å². The molecule has 2 aliphatic heterocycles. The molecule has 0 spiro atoms. The summed E-state index contributed by atoms with van der Waals surface area (Å²) < 4.78 is -0.122. The third kappa shape index (κ3) is 2.16. The molecule has 2 heterocycles. The van der Waals surface area contributed by atoms with Crippen LogP contribution in [0, 0.1) is 0 Å². The normalized spacial score (nSPS) is 36.1. The minimum absolute atomic E-state index is 0.122. The van der Waals surface area contributed by atoms with Gasteiger partial charge in [0.1, 0.15) is 0 Å². The van der Waals surface area contributed by atoms with Gasteiger partial charge in [-0.2, -0.15) is 0 Å². The minimum atomic E-state index is -0.122. The lowest BCUT2D eigenvalue weighted by Crippen LogP contribution is -2.43. The predicted molar refractivity (Wildman–Crippen MR) is 64.1 cm³/mol. The minimum Gasteiger partial charge on any atom is -0.340 e. The fraction of sp³-hybridized carbons (Fsp3) is 0.909. The van der Waals surface area contributed by atoms with Crippen molar-refractivity contribution in [2.24, 2.45) is 0 Å². The zero-order valence-corrected chi connectivity index (χ0v) is 10.4. The summed E-state index contributed by atoms with van der Waals surface area (Å²) >= 11 is 1.84. The number of amides is 1. The van der Waals surface area contributed by atoms with Gasteiger partial charge >= 0.3 is 0 Å². The van der Waals surface area contributed by atoms with E-state index < -0.39 is 0 Å². The molecule has 0 aromatic rings. The average Bonchev–Trinajstić information content (AvgIpc) is 2.85. The van der Waals surface area contributed by atoms with Crippen molar-refractivity contribution in [3.8, 4) is 0 Å². The van der Waals surface area contributed by atoms with Crippen LogP contribution in [0.2, 0.25) is 0 Å². The molecule has 0 aromatic heterocycles. The van der Waals surface area contributed by atoms with E-state index in [2.05, 4.69) is 12.2 Å². The van der Waals surface area contributed by atoms with Gasteiger partial charge in [-0.25, -0.2) is 0 Å². The lowest BCUT2D eigenvalue weighted by Gasteiger charge is -2.28. The van der Waals surface area contributed by atoms with Crippen LogP contribution in [0.5, 0.6) is 0 Å². The van der Waals surface area contributed by atoms with Crippen molar-refractivity contribution in [2.45, 2.75) is 37.0 Å². The van der Waals surface area contributed by atoms with Gasteiger partial charge in [0.2, 0.25) is 5.91 Å². The van der Waals surface area contributed by atoms with Crippen molar-refractivity contribution in [3.63, 3.8) is 0 Å². The van der Waals surface area contributed by atoms with Crippen LogP contribution < -0.4 is 5.32 Å². The zero-order chi connectivity index (χ0) is 10.9. The smallest absolute Gasteiger partial charge is 0.238 e. The standard InChI is InChI=1S/C11H20N2OS/c1-11(5-3-7-15-11)10(14)13-6-4-9(8-13)12-2/h9,12H,3-8H2,1-2H3. The van der Waals surface area contributed by atoms with Crippen LogP contribution in [0.15, 0.2) is 0 Å². The molecule has 2 aliphatic rings.